The van der Waals surface area contributed by atoms with E-state index in [0.29, 0.717) is 31.6 Å². The van der Waals surface area contributed by atoms with Crippen molar-refractivity contribution in [3.63, 3.8) is 0 Å². The first-order valence-corrected chi connectivity index (χ1v) is 7.39. The van der Waals surface area contributed by atoms with Gasteiger partial charge >= 0.3 is 0 Å². The topological polar surface area (TPSA) is 46.0 Å². The molecule has 96 valence electrons. The van der Waals surface area contributed by atoms with Gasteiger partial charge in [-0.1, -0.05) is 17.7 Å². The SMILES string of the molecule is Cc1c(Cl)c(Br)c2nc3c(Br)cccc3nc2c1O. The lowest BCUT2D eigenvalue weighted by atomic mass is 10.1. The third-order valence-electron chi connectivity index (χ3n) is 2.96. The highest BCUT2D eigenvalue weighted by molar-refractivity contribution is 9.11. The van der Waals surface area contributed by atoms with Crippen molar-refractivity contribution in [1.82, 2.24) is 9.97 Å². The first-order chi connectivity index (χ1) is 9.00. The molecule has 0 fully saturated rings. The van der Waals surface area contributed by atoms with Gasteiger partial charge in [0, 0.05) is 10.0 Å². The van der Waals surface area contributed by atoms with Crippen molar-refractivity contribution in [1.29, 1.82) is 0 Å². The van der Waals surface area contributed by atoms with Crippen LogP contribution in [0.5, 0.6) is 5.75 Å². The second kappa shape index (κ2) is 4.58. The molecule has 1 heterocycles. The molecule has 0 unspecified atom stereocenters. The van der Waals surface area contributed by atoms with Gasteiger partial charge in [-0.15, -0.1) is 0 Å². The van der Waals surface area contributed by atoms with Gasteiger partial charge in [-0.3, -0.25) is 0 Å². The predicted molar refractivity (Wildman–Crippen MR) is 83.9 cm³/mol. The van der Waals surface area contributed by atoms with Gasteiger partial charge in [0.1, 0.15) is 22.3 Å². The fourth-order valence-corrected chi connectivity index (χ4v) is 3.11. The zero-order chi connectivity index (χ0) is 13.7. The molecule has 2 aromatic carbocycles. The van der Waals surface area contributed by atoms with E-state index in [4.69, 9.17) is 11.6 Å². The monoisotopic (exact) mass is 400 g/mol. The number of phenolic OH excluding ortho intramolecular Hbond substituents is 1. The molecular formula is C13H7Br2ClN2O. The van der Waals surface area contributed by atoms with Crippen LogP contribution in [0.2, 0.25) is 5.02 Å². The van der Waals surface area contributed by atoms with Crippen molar-refractivity contribution >= 4 is 65.5 Å². The van der Waals surface area contributed by atoms with E-state index < -0.39 is 0 Å². The van der Waals surface area contributed by atoms with Crippen LogP contribution in [-0.2, 0) is 0 Å². The Morgan fingerprint density at radius 3 is 2.58 bits per heavy atom. The Bertz CT molecular complexity index is 836. The highest BCUT2D eigenvalue weighted by atomic mass is 79.9. The summed E-state index contributed by atoms with van der Waals surface area (Å²) in [6, 6.07) is 5.62. The average Bonchev–Trinajstić information content (AvgIpc) is 2.42. The van der Waals surface area contributed by atoms with Gasteiger partial charge in [0.15, 0.2) is 0 Å². The van der Waals surface area contributed by atoms with Gasteiger partial charge in [-0.25, -0.2) is 9.97 Å². The smallest absolute Gasteiger partial charge is 0.147 e. The zero-order valence-corrected chi connectivity index (χ0v) is 13.6. The molecule has 0 radical (unpaired) electrons. The molecule has 0 atom stereocenters. The van der Waals surface area contributed by atoms with E-state index in [1.807, 2.05) is 18.2 Å². The molecule has 0 amide bonds. The fourth-order valence-electron chi connectivity index (χ4n) is 1.91. The summed E-state index contributed by atoms with van der Waals surface area (Å²) in [7, 11) is 0. The highest BCUT2D eigenvalue weighted by Crippen LogP contribution is 2.40. The maximum absolute atomic E-state index is 10.2. The number of fused-ring (bicyclic) bond motifs is 2. The largest absolute Gasteiger partial charge is 0.505 e. The number of para-hydroxylation sites is 1. The number of halogens is 3. The quantitative estimate of drug-likeness (QED) is 0.540. The number of hydrogen-bond acceptors (Lipinski definition) is 3. The lowest BCUT2D eigenvalue weighted by Crippen LogP contribution is -1.92. The maximum Gasteiger partial charge on any atom is 0.147 e. The Balaban J connectivity index is 2.59. The van der Waals surface area contributed by atoms with Crippen LogP contribution in [0.25, 0.3) is 22.1 Å². The first kappa shape index (κ1) is 13.1. The third kappa shape index (κ3) is 1.91. The molecule has 0 aliphatic carbocycles. The molecule has 0 aliphatic heterocycles. The third-order valence-corrected chi connectivity index (χ3v) is 5.07. The Morgan fingerprint density at radius 2 is 1.84 bits per heavy atom. The molecule has 19 heavy (non-hydrogen) atoms. The number of phenols is 1. The van der Waals surface area contributed by atoms with E-state index in [2.05, 4.69) is 41.8 Å². The minimum absolute atomic E-state index is 0.0672. The van der Waals surface area contributed by atoms with E-state index in [1.165, 1.54) is 0 Å². The number of nitrogens with zero attached hydrogens (tertiary/aromatic N) is 2. The van der Waals surface area contributed by atoms with Gasteiger partial charge < -0.3 is 5.11 Å². The van der Waals surface area contributed by atoms with Crippen molar-refractivity contribution in [2.75, 3.05) is 0 Å². The van der Waals surface area contributed by atoms with Crippen LogP contribution in [0.1, 0.15) is 5.56 Å². The lowest BCUT2D eigenvalue weighted by Gasteiger charge is -2.10. The summed E-state index contributed by atoms with van der Waals surface area (Å²) in [5.74, 6) is 0.0672. The summed E-state index contributed by atoms with van der Waals surface area (Å²) in [5, 5.41) is 10.6. The first-order valence-electron chi connectivity index (χ1n) is 5.43. The van der Waals surface area contributed by atoms with Crippen LogP contribution in [0.4, 0.5) is 0 Å². The normalized spacial score (nSPS) is 11.4. The molecule has 0 saturated carbocycles. The van der Waals surface area contributed by atoms with Crippen molar-refractivity contribution in [2.24, 2.45) is 0 Å². The number of benzene rings is 2. The molecule has 3 aromatic rings. The lowest BCUT2D eigenvalue weighted by molar-refractivity contribution is 0.476. The second-order valence-corrected chi connectivity index (χ2v) is 6.16. The molecule has 0 aliphatic rings. The van der Waals surface area contributed by atoms with Crippen LogP contribution < -0.4 is 0 Å². The van der Waals surface area contributed by atoms with Crippen LogP contribution in [0.15, 0.2) is 27.1 Å². The van der Waals surface area contributed by atoms with Gasteiger partial charge in [0.2, 0.25) is 0 Å². The molecule has 0 spiro atoms. The minimum atomic E-state index is 0.0672. The van der Waals surface area contributed by atoms with Crippen molar-refractivity contribution < 1.29 is 5.11 Å². The predicted octanol–water partition coefficient (Wildman–Crippen LogP) is 4.98. The molecule has 0 saturated heterocycles. The second-order valence-electron chi connectivity index (χ2n) is 4.13. The Morgan fingerprint density at radius 1 is 1.11 bits per heavy atom. The van der Waals surface area contributed by atoms with Gasteiger partial charge in [0.25, 0.3) is 0 Å². The summed E-state index contributed by atoms with van der Waals surface area (Å²) in [5.41, 5.74) is 3.03. The van der Waals surface area contributed by atoms with E-state index in [0.717, 1.165) is 9.99 Å². The van der Waals surface area contributed by atoms with Crippen molar-refractivity contribution in [3.8, 4) is 5.75 Å². The molecule has 3 nitrogen and oxygen atoms in total. The van der Waals surface area contributed by atoms with Crippen LogP contribution in [0.3, 0.4) is 0 Å². The van der Waals surface area contributed by atoms with Crippen molar-refractivity contribution in [3.05, 3.63) is 37.7 Å². The van der Waals surface area contributed by atoms with E-state index in [9.17, 15) is 5.11 Å². The summed E-state index contributed by atoms with van der Waals surface area (Å²) in [4.78, 5) is 9.01. The summed E-state index contributed by atoms with van der Waals surface area (Å²) >= 11 is 13.0. The molecule has 6 heteroatoms. The van der Waals surface area contributed by atoms with Crippen LogP contribution in [-0.4, -0.2) is 15.1 Å². The van der Waals surface area contributed by atoms with Gasteiger partial charge in [-0.2, -0.15) is 0 Å². The minimum Gasteiger partial charge on any atom is -0.505 e. The summed E-state index contributed by atoms with van der Waals surface area (Å²) < 4.78 is 1.49. The summed E-state index contributed by atoms with van der Waals surface area (Å²) in [6.07, 6.45) is 0. The molecule has 0 bridgehead atoms. The maximum atomic E-state index is 10.2. The van der Waals surface area contributed by atoms with E-state index in [-0.39, 0.29) is 5.75 Å². The van der Waals surface area contributed by atoms with Gasteiger partial charge in [0.05, 0.1) is 15.0 Å². The van der Waals surface area contributed by atoms with Crippen LogP contribution in [0, 0.1) is 6.92 Å². The van der Waals surface area contributed by atoms with Gasteiger partial charge in [-0.05, 0) is 50.9 Å². The fraction of sp³-hybridized carbons (Fsp3) is 0.0769. The number of aromatic nitrogens is 2. The van der Waals surface area contributed by atoms with Crippen LogP contribution >= 0.6 is 43.5 Å². The molecular weight excluding hydrogens is 395 g/mol. The molecule has 1 N–H and O–H groups in total. The Kier molecular flexibility index (Phi) is 3.15. The Hall–Kier alpha value is -0.910. The number of rotatable bonds is 0. The number of hydrogen-bond donors (Lipinski definition) is 1. The van der Waals surface area contributed by atoms with Crippen molar-refractivity contribution in [2.45, 2.75) is 6.92 Å². The summed E-state index contributed by atoms with van der Waals surface area (Å²) in [6.45, 7) is 1.74. The van der Waals surface area contributed by atoms with E-state index in [1.54, 1.807) is 6.92 Å². The van der Waals surface area contributed by atoms with E-state index >= 15 is 0 Å². The molecule has 3 rings (SSSR count). The molecule has 1 aromatic heterocycles. The zero-order valence-electron chi connectivity index (χ0n) is 9.71. The standard InChI is InChI=1S/C13H7Br2ClN2O/c1-5-9(16)8(15)11-12(13(5)19)17-7-4-2-3-6(14)10(7)18-11/h2-4,19H,1H3. The average molecular weight is 402 g/mol. The number of aromatic hydroxyl groups is 1. The Labute approximate surface area is 130 Å². The highest BCUT2D eigenvalue weighted by Gasteiger charge is 2.17.